The van der Waals surface area contributed by atoms with Gasteiger partial charge in [-0.1, -0.05) is 25.3 Å². The lowest BCUT2D eigenvalue weighted by Crippen LogP contribution is -2.49. The van der Waals surface area contributed by atoms with Crippen LogP contribution in [0.5, 0.6) is 0 Å². The Labute approximate surface area is 194 Å². The Morgan fingerprint density at radius 1 is 1.18 bits per heavy atom. The lowest BCUT2D eigenvalue weighted by Gasteiger charge is -2.31. The standard InChI is InChI=1S/C23H28F3N3O5/c24-23(25,26)13-34-21(32)29-18(14-4-2-1-3-5-14)19(30)27-15-6-7-16-17(12-15)28-20(31)22(16)8-10-33-11-9-22/h6-7,12,14,18H,1-5,8-11,13H2,(H,27,30)(H,28,31)(H,29,32). The van der Waals surface area contributed by atoms with E-state index in [9.17, 15) is 27.6 Å². The number of alkyl carbamates (subject to hydrolysis) is 1. The van der Waals surface area contributed by atoms with Crippen LogP contribution in [0, 0.1) is 5.92 Å². The third kappa shape index (κ3) is 5.29. The molecule has 2 fully saturated rings. The smallest absolute Gasteiger partial charge is 0.422 e. The minimum absolute atomic E-state index is 0.0940. The molecule has 8 nitrogen and oxygen atoms in total. The normalized spacial score (nSPS) is 20.9. The molecule has 1 aromatic rings. The molecule has 4 rings (SSSR count). The molecule has 11 heteroatoms. The first kappa shape index (κ1) is 24.3. The summed E-state index contributed by atoms with van der Waals surface area (Å²) < 4.78 is 46.9. The Hall–Kier alpha value is -2.82. The van der Waals surface area contributed by atoms with Crippen molar-refractivity contribution < 1.29 is 37.0 Å². The topological polar surface area (TPSA) is 106 Å². The van der Waals surface area contributed by atoms with Gasteiger partial charge in [-0.15, -0.1) is 0 Å². The van der Waals surface area contributed by atoms with Crippen LogP contribution in [0.2, 0.25) is 0 Å². The maximum atomic E-state index is 13.1. The van der Waals surface area contributed by atoms with E-state index in [0.29, 0.717) is 50.3 Å². The van der Waals surface area contributed by atoms with Crippen molar-refractivity contribution in [2.45, 2.75) is 62.6 Å². The average Bonchev–Trinajstić information content (AvgIpc) is 3.06. The van der Waals surface area contributed by atoms with E-state index in [4.69, 9.17) is 4.74 Å². The van der Waals surface area contributed by atoms with Gasteiger partial charge in [-0.05, 0) is 49.3 Å². The molecule has 0 radical (unpaired) electrons. The number of nitrogens with one attached hydrogen (secondary N) is 3. The van der Waals surface area contributed by atoms with Gasteiger partial charge in [0.05, 0.1) is 5.41 Å². The molecule has 0 aromatic heterocycles. The highest BCUT2D eigenvalue weighted by Gasteiger charge is 2.47. The molecule has 3 N–H and O–H groups in total. The molecular formula is C23H28F3N3O5. The minimum Gasteiger partial charge on any atom is -0.440 e. The van der Waals surface area contributed by atoms with Crippen LogP contribution in [0.15, 0.2) is 18.2 Å². The Morgan fingerprint density at radius 2 is 1.88 bits per heavy atom. The first-order valence-corrected chi connectivity index (χ1v) is 11.5. The van der Waals surface area contributed by atoms with E-state index in [1.807, 2.05) is 0 Å². The molecule has 1 spiro atoms. The number of fused-ring (bicyclic) bond motifs is 2. The van der Waals surface area contributed by atoms with Crippen LogP contribution in [-0.2, 0) is 24.5 Å². The van der Waals surface area contributed by atoms with E-state index in [1.165, 1.54) is 0 Å². The largest absolute Gasteiger partial charge is 0.440 e. The van der Waals surface area contributed by atoms with E-state index >= 15 is 0 Å². The van der Waals surface area contributed by atoms with Gasteiger partial charge in [0.1, 0.15) is 6.04 Å². The predicted molar refractivity (Wildman–Crippen MR) is 116 cm³/mol. The Bertz CT molecular complexity index is 940. The van der Waals surface area contributed by atoms with Crippen LogP contribution >= 0.6 is 0 Å². The van der Waals surface area contributed by atoms with E-state index in [-0.39, 0.29) is 11.8 Å². The Kier molecular flexibility index (Phi) is 7.01. The van der Waals surface area contributed by atoms with Crippen LogP contribution in [-0.4, -0.2) is 49.9 Å². The highest BCUT2D eigenvalue weighted by atomic mass is 19.4. The van der Waals surface area contributed by atoms with Crippen molar-refractivity contribution in [3.8, 4) is 0 Å². The van der Waals surface area contributed by atoms with Crippen LogP contribution in [0.25, 0.3) is 0 Å². The summed E-state index contributed by atoms with van der Waals surface area (Å²) in [6.45, 7) is -0.746. The number of amides is 3. The van der Waals surface area contributed by atoms with Crippen molar-refractivity contribution in [3.63, 3.8) is 0 Å². The maximum absolute atomic E-state index is 13.1. The van der Waals surface area contributed by atoms with Crippen LogP contribution in [0.1, 0.15) is 50.5 Å². The fraction of sp³-hybridized carbons (Fsp3) is 0.609. The number of carbonyl (C=O) groups excluding carboxylic acids is 3. The van der Waals surface area contributed by atoms with Gasteiger partial charge in [-0.25, -0.2) is 4.79 Å². The molecule has 1 aromatic carbocycles. The number of carbonyl (C=O) groups is 3. The van der Waals surface area contributed by atoms with Gasteiger partial charge in [0.15, 0.2) is 6.61 Å². The van der Waals surface area contributed by atoms with Crippen molar-refractivity contribution in [1.29, 1.82) is 0 Å². The summed E-state index contributed by atoms with van der Waals surface area (Å²) in [5.41, 5.74) is 1.25. The predicted octanol–water partition coefficient (Wildman–Crippen LogP) is 3.86. The second-order valence-corrected chi connectivity index (χ2v) is 9.11. The molecule has 186 valence electrons. The molecule has 1 saturated heterocycles. The van der Waals surface area contributed by atoms with Gasteiger partial charge in [0.2, 0.25) is 11.8 Å². The highest BCUT2D eigenvalue weighted by Crippen LogP contribution is 2.45. The van der Waals surface area contributed by atoms with Gasteiger partial charge in [-0.2, -0.15) is 13.2 Å². The second-order valence-electron chi connectivity index (χ2n) is 9.11. The summed E-state index contributed by atoms with van der Waals surface area (Å²) >= 11 is 0. The second kappa shape index (κ2) is 9.81. The summed E-state index contributed by atoms with van der Waals surface area (Å²) in [7, 11) is 0. The molecule has 2 heterocycles. The van der Waals surface area contributed by atoms with Gasteiger partial charge in [0.25, 0.3) is 0 Å². The number of anilines is 2. The number of ether oxygens (including phenoxy) is 2. The van der Waals surface area contributed by atoms with E-state index in [2.05, 4.69) is 20.7 Å². The fourth-order valence-electron chi connectivity index (χ4n) is 5.12. The molecule has 34 heavy (non-hydrogen) atoms. The first-order chi connectivity index (χ1) is 16.2. The summed E-state index contributed by atoms with van der Waals surface area (Å²) in [5, 5.41) is 7.96. The van der Waals surface area contributed by atoms with Crippen LogP contribution in [0.3, 0.4) is 0 Å². The van der Waals surface area contributed by atoms with E-state index < -0.39 is 36.2 Å². The molecule has 1 unspecified atom stereocenters. The lowest BCUT2D eigenvalue weighted by atomic mass is 9.75. The van der Waals surface area contributed by atoms with Crippen molar-refractivity contribution >= 4 is 29.3 Å². The fourth-order valence-corrected chi connectivity index (χ4v) is 5.12. The zero-order valence-electron chi connectivity index (χ0n) is 18.6. The number of benzene rings is 1. The number of rotatable bonds is 5. The number of hydrogen-bond acceptors (Lipinski definition) is 5. The SMILES string of the molecule is O=C(NC(C(=O)Nc1ccc2c(c1)NC(=O)C21CCOCC1)C1CCCCC1)OCC(F)(F)F. The summed E-state index contributed by atoms with van der Waals surface area (Å²) in [5.74, 6) is -0.851. The summed E-state index contributed by atoms with van der Waals surface area (Å²) in [6.07, 6.45) is -0.723. The quantitative estimate of drug-likeness (QED) is 0.590. The third-order valence-electron chi connectivity index (χ3n) is 6.88. The van der Waals surface area contributed by atoms with Gasteiger partial charge in [0, 0.05) is 24.6 Å². The summed E-state index contributed by atoms with van der Waals surface area (Å²) in [6, 6.07) is 4.11. The first-order valence-electron chi connectivity index (χ1n) is 11.5. The van der Waals surface area contributed by atoms with Crippen molar-refractivity contribution in [1.82, 2.24) is 5.32 Å². The zero-order chi connectivity index (χ0) is 24.3. The number of halogens is 3. The lowest BCUT2D eigenvalue weighted by molar-refractivity contribution is -0.160. The Balaban J connectivity index is 1.47. The molecule has 3 amide bonds. The molecule has 3 aliphatic rings. The molecule has 0 bridgehead atoms. The monoisotopic (exact) mass is 483 g/mol. The maximum Gasteiger partial charge on any atom is 0.422 e. The highest BCUT2D eigenvalue weighted by molar-refractivity contribution is 6.07. The van der Waals surface area contributed by atoms with E-state index in [1.54, 1.807) is 18.2 Å². The molecular weight excluding hydrogens is 455 g/mol. The van der Waals surface area contributed by atoms with Crippen LogP contribution in [0.4, 0.5) is 29.3 Å². The molecule has 1 saturated carbocycles. The van der Waals surface area contributed by atoms with E-state index in [0.717, 1.165) is 24.8 Å². The average molecular weight is 483 g/mol. The molecule has 1 atom stereocenters. The molecule has 1 aliphatic carbocycles. The minimum atomic E-state index is -4.66. The van der Waals surface area contributed by atoms with Crippen molar-refractivity contribution in [2.75, 3.05) is 30.5 Å². The third-order valence-corrected chi connectivity index (χ3v) is 6.88. The zero-order valence-corrected chi connectivity index (χ0v) is 18.6. The van der Waals surface area contributed by atoms with Gasteiger partial charge >= 0.3 is 12.3 Å². The number of hydrogen-bond donors (Lipinski definition) is 3. The molecule has 2 aliphatic heterocycles. The van der Waals surface area contributed by atoms with Crippen molar-refractivity contribution in [3.05, 3.63) is 23.8 Å². The Morgan fingerprint density at radius 3 is 2.56 bits per heavy atom. The van der Waals surface area contributed by atoms with Crippen molar-refractivity contribution in [2.24, 2.45) is 5.92 Å². The van der Waals surface area contributed by atoms with Gasteiger partial charge in [-0.3, -0.25) is 9.59 Å². The summed E-state index contributed by atoms with van der Waals surface area (Å²) in [4.78, 5) is 37.8. The van der Waals surface area contributed by atoms with Crippen LogP contribution < -0.4 is 16.0 Å². The van der Waals surface area contributed by atoms with Gasteiger partial charge < -0.3 is 25.4 Å². The number of alkyl halides is 3.